The highest BCUT2D eigenvalue weighted by Gasteiger charge is 2.35. The third-order valence-corrected chi connectivity index (χ3v) is 7.43. The summed E-state index contributed by atoms with van der Waals surface area (Å²) in [4.78, 5) is 6.27. The zero-order chi connectivity index (χ0) is 23.9. The van der Waals surface area contributed by atoms with Crippen molar-refractivity contribution in [2.45, 2.75) is 56.8 Å². The number of allylic oxidation sites excluding steroid dienone is 2. The lowest BCUT2D eigenvalue weighted by Crippen LogP contribution is -2.53. The van der Waals surface area contributed by atoms with Gasteiger partial charge in [0.1, 0.15) is 11.6 Å². The minimum atomic E-state index is -0.294. The van der Waals surface area contributed by atoms with Crippen molar-refractivity contribution in [3.05, 3.63) is 40.8 Å². The molecule has 1 atom stereocenters. The summed E-state index contributed by atoms with van der Waals surface area (Å²) in [6.45, 7) is 4.03. The highest BCUT2D eigenvalue weighted by Crippen LogP contribution is 2.39. The van der Waals surface area contributed by atoms with Crippen molar-refractivity contribution in [2.75, 3.05) is 45.8 Å². The third-order valence-electron chi connectivity index (χ3n) is 7.13. The smallest absolute Gasteiger partial charge is 0.147 e. The fourth-order valence-electron chi connectivity index (χ4n) is 5.25. The SMILES string of the molecule is COCCN[C@H]1CC[C@H](N2C(c3cc(N)ncc3Cl)=C(F)C=CC2NCC2CCOCC2)CC1. The monoisotopic (exact) mass is 493 g/mol. The fourth-order valence-corrected chi connectivity index (χ4v) is 5.44. The lowest BCUT2D eigenvalue weighted by molar-refractivity contribution is 0.0626. The minimum absolute atomic E-state index is 0.120. The highest BCUT2D eigenvalue weighted by atomic mass is 35.5. The molecule has 1 aromatic heterocycles. The molecule has 1 aliphatic carbocycles. The van der Waals surface area contributed by atoms with Crippen LogP contribution < -0.4 is 16.4 Å². The summed E-state index contributed by atoms with van der Waals surface area (Å²) >= 11 is 6.51. The Morgan fingerprint density at radius 2 is 1.97 bits per heavy atom. The van der Waals surface area contributed by atoms with Gasteiger partial charge in [-0.05, 0) is 62.7 Å². The van der Waals surface area contributed by atoms with Crippen LogP contribution in [0, 0.1) is 5.92 Å². The van der Waals surface area contributed by atoms with Gasteiger partial charge in [-0.1, -0.05) is 11.6 Å². The molecule has 34 heavy (non-hydrogen) atoms. The number of nitrogens with zero attached hydrogens (tertiary/aromatic N) is 2. The molecule has 1 aromatic rings. The summed E-state index contributed by atoms with van der Waals surface area (Å²) in [6.07, 6.45) is 10.9. The quantitative estimate of drug-likeness (QED) is 0.452. The van der Waals surface area contributed by atoms with Gasteiger partial charge in [0.15, 0.2) is 0 Å². The molecule has 2 fully saturated rings. The number of hydrogen-bond donors (Lipinski definition) is 3. The second-order valence-electron chi connectivity index (χ2n) is 9.41. The predicted octanol–water partition coefficient (Wildman–Crippen LogP) is 3.72. The van der Waals surface area contributed by atoms with Crippen molar-refractivity contribution in [1.82, 2.24) is 20.5 Å². The topological polar surface area (TPSA) is 84.7 Å². The van der Waals surface area contributed by atoms with E-state index in [-0.39, 0.29) is 18.0 Å². The molecule has 4 N–H and O–H groups in total. The number of hydrogen-bond acceptors (Lipinski definition) is 7. The molecule has 2 aliphatic heterocycles. The second kappa shape index (κ2) is 12.3. The van der Waals surface area contributed by atoms with Gasteiger partial charge >= 0.3 is 0 Å². The number of nitrogens with one attached hydrogen (secondary N) is 2. The lowest BCUT2D eigenvalue weighted by Gasteiger charge is -2.45. The zero-order valence-electron chi connectivity index (χ0n) is 19.9. The van der Waals surface area contributed by atoms with E-state index in [1.807, 2.05) is 6.08 Å². The maximum atomic E-state index is 15.5. The van der Waals surface area contributed by atoms with Gasteiger partial charge in [0.05, 0.1) is 23.5 Å². The minimum Gasteiger partial charge on any atom is -0.384 e. The molecule has 188 valence electrons. The summed E-state index contributed by atoms with van der Waals surface area (Å²) in [6, 6.07) is 2.32. The van der Waals surface area contributed by atoms with Gasteiger partial charge in [0, 0.05) is 57.3 Å². The number of halogens is 2. The van der Waals surface area contributed by atoms with Gasteiger partial charge in [-0.3, -0.25) is 5.32 Å². The lowest BCUT2D eigenvalue weighted by atomic mass is 9.88. The van der Waals surface area contributed by atoms with Crippen molar-refractivity contribution in [3.8, 4) is 0 Å². The molecule has 0 radical (unpaired) electrons. The average Bonchev–Trinajstić information content (AvgIpc) is 2.86. The number of nitrogen functional groups attached to an aromatic ring is 1. The molecule has 3 heterocycles. The van der Waals surface area contributed by atoms with Crippen molar-refractivity contribution < 1.29 is 13.9 Å². The maximum absolute atomic E-state index is 15.5. The van der Waals surface area contributed by atoms with E-state index in [1.165, 1.54) is 6.20 Å². The van der Waals surface area contributed by atoms with E-state index in [9.17, 15) is 0 Å². The van der Waals surface area contributed by atoms with Gasteiger partial charge in [-0.15, -0.1) is 0 Å². The summed E-state index contributed by atoms with van der Waals surface area (Å²) in [5.41, 5.74) is 7.07. The van der Waals surface area contributed by atoms with Gasteiger partial charge < -0.3 is 25.4 Å². The van der Waals surface area contributed by atoms with Crippen LogP contribution in [0.3, 0.4) is 0 Å². The Bertz CT molecular complexity index is 869. The first-order valence-electron chi connectivity index (χ1n) is 12.4. The van der Waals surface area contributed by atoms with E-state index in [2.05, 4.69) is 20.5 Å². The number of ether oxygens (including phenoxy) is 2. The largest absolute Gasteiger partial charge is 0.384 e. The Labute approximate surface area is 206 Å². The van der Waals surface area contributed by atoms with E-state index in [4.69, 9.17) is 26.8 Å². The van der Waals surface area contributed by atoms with E-state index in [0.29, 0.717) is 40.7 Å². The normalized spacial score (nSPS) is 26.3. The molecule has 0 bridgehead atoms. The molecule has 1 saturated heterocycles. The van der Waals surface area contributed by atoms with Gasteiger partial charge in [-0.2, -0.15) is 0 Å². The second-order valence-corrected chi connectivity index (χ2v) is 9.82. The zero-order valence-corrected chi connectivity index (χ0v) is 20.7. The summed E-state index contributed by atoms with van der Waals surface area (Å²) in [5.74, 6) is 0.591. The van der Waals surface area contributed by atoms with Gasteiger partial charge in [0.2, 0.25) is 0 Å². The molecule has 0 amide bonds. The van der Waals surface area contributed by atoms with E-state index in [1.54, 1.807) is 19.3 Å². The molecular weight excluding hydrogens is 457 g/mol. The fraction of sp³-hybridized carbons (Fsp3) is 0.640. The van der Waals surface area contributed by atoms with Crippen molar-refractivity contribution >= 4 is 23.1 Å². The van der Waals surface area contributed by atoms with Crippen molar-refractivity contribution in [1.29, 1.82) is 0 Å². The molecule has 1 saturated carbocycles. The Morgan fingerprint density at radius 3 is 2.71 bits per heavy atom. The number of anilines is 1. The molecule has 3 aliphatic rings. The van der Waals surface area contributed by atoms with Crippen LogP contribution in [0.25, 0.3) is 5.70 Å². The number of methoxy groups -OCH3 is 1. The maximum Gasteiger partial charge on any atom is 0.147 e. The molecule has 7 nitrogen and oxygen atoms in total. The first kappa shape index (κ1) is 25.4. The van der Waals surface area contributed by atoms with Crippen molar-refractivity contribution in [3.63, 3.8) is 0 Å². The molecule has 0 spiro atoms. The molecule has 0 aromatic carbocycles. The average molecular weight is 494 g/mol. The number of nitrogens with two attached hydrogens (primary N) is 1. The molecular formula is C25H37ClFN5O2. The van der Waals surface area contributed by atoms with E-state index in [0.717, 1.165) is 64.8 Å². The highest BCUT2D eigenvalue weighted by molar-refractivity contribution is 6.32. The van der Waals surface area contributed by atoms with Crippen LogP contribution in [0.2, 0.25) is 5.02 Å². The Morgan fingerprint density at radius 1 is 1.21 bits per heavy atom. The van der Waals surface area contributed by atoms with Crippen LogP contribution in [0.15, 0.2) is 30.2 Å². The van der Waals surface area contributed by atoms with Crippen LogP contribution in [0.1, 0.15) is 44.1 Å². The van der Waals surface area contributed by atoms with Crippen LogP contribution in [-0.2, 0) is 9.47 Å². The standard InChI is InChI=1S/C25H37ClFN5O2/c1-33-13-10-29-18-2-4-19(5-3-18)32-24(31-15-17-8-11-34-12-9-17)7-6-22(27)25(32)20-14-23(28)30-16-21(20)26/h6-7,14,16-19,24,29,31H,2-5,8-13,15H2,1H3,(H2,28,30)/t18-,19-,24?. The van der Waals surface area contributed by atoms with Crippen molar-refractivity contribution in [2.24, 2.45) is 5.92 Å². The number of rotatable bonds is 9. The Kier molecular flexibility index (Phi) is 9.19. The Balaban J connectivity index is 1.54. The van der Waals surface area contributed by atoms with E-state index >= 15 is 4.39 Å². The summed E-state index contributed by atoms with van der Waals surface area (Å²) in [5, 5.41) is 7.68. The van der Waals surface area contributed by atoms with Crippen LogP contribution >= 0.6 is 11.6 Å². The van der Waals surface area contributed by atoms with Crippen LogP contribution in [-0.4, -0.2) is 68.2 Å². The molecule has 9 heteroatoms. The molecule has 1 unspecified atom stereocenters. The summed E-state index contributed by atoms with van der Waals surface area (Å²) in [7, 11) is 1.72. The number of pyridine rings is 1. The molecule has 4 rings (SSSR count). The van der Waals surface area contributed by atoms with Gasteiger partial charge in [-0.25, -0.2) is 9.37 Å². The van der Waals surface area contributed by atoms with Crippen LogP contribution in [0.5, 0.6) is 0 Å². The first-order chi connectivity index (χ1) is 16.6. The predicted molar refractivity (Wildman–Crippen MR) is 134 cm³/mol. The number of aromatic nitrogens is 1. The van der Waals surface area contributed by atoms with E-state index < -0.39 is 0 Å². The summed E-state index contributed by atoms with van der Waals surface area (Å²) < 4.78 is 26.1. The first-order valence-corrected chi connectivity index (χ1v) is 12.8. The third kappa shape index (κ3) is 6.29. The van der Waals surface area contributed by atoms with Crippen LogP contribution in [0.4, 0.5) is 10.2 Å². The van der Waals surface area contributed by atoms with Gasteiger partial charge in [0.25, 0.3) is 0 Å². The Hall–Kier alpha value is -1.71.